The van der Waals surface area contributed by atoms with Gasteiger partial charge >= 0.3 is 0 Å². The van der Waals surface area contributed by atoms with Crippen LogP contribution in [0.5, 0.6) is 11.5 Å². The van der Waals surface area contributed by atoms with Gasteiger partial charge in [-0.1, -0.05) is 24.3 Å². The minimum absolute atomic E-state index is 0.0519. The molecule has 2 heterocycles. The number of halogens is 1. The SMILES string of the molecule is NC(=O)C1CC(C(=O)NCc2ccc(Oc3cccnc3)c(F)c2)=NN1c1ccccc1. The van der Waals surface area contributed by atoms with Crippen LogP contribution in [0.15, 0.2) is 78.2 Å². The fourth-order valence-electron chi connectivity index (χ4n) is 3.24. The molecule has 1 unspecified atom stereocenters. The second kappa shape index (κ2) is 9.25. The molecule has 0 aliphatic carbocycles. The Bertz CT molecular complexity index is 1150. The lowest BCUT2D eigenvalue weighted by atomic mass is 10.1. The van der Waals surface area contributed by atoms with Gasteiger partial charge in [0.2, 0.25) is 5.91 Å². The molecule has 1 aromatic heterocycles. The van der Waals surface area contributed by atoms with E-state index < -0.39 is 23.7 Å². The average Bonchev–Trinajstić information content (AvgIpc) is 3.26. The molecule has 1 atom stereocenters. The highest BCUT2D eigenvalue weighted by atomic mass is 19.1. The van der Waals surface area contributed by atoms with E-state index in [0.717, 1.165) is 0 Å². The molecule has 0 saturated carbocycles. The van der Waals surface area contributed by atoms with E-state index in [-0.39, 0.29) is 24.4 Å². The normalized spacial score (nSPS) is 15.2. The number of rotatable bonds is 7. The van der Waals surface area contributed by atoms with Crippen LogP contribution in [0.25, 0.3) is 0 Å². The molecule has 32 heavy (non-hydrogen) atoms. The summed E-state index contributed by atoms with van der Waals surface area (Å²) >= 11 is 0. The molecule has 0 fully saturated rings. The summed E-state index contributed by atoms with van der Waals surface area (Å²) in [5.41, 5.74) is 6.87. The van der Waals surface area contributed by atoms with Crippen molar-refractivity contribution in [2.45, 2.75) is 19.0 Å². The monoisotopic (exact) mass is 433 g/mol. The number of hydrogen-bond donors (Lipinski definition) is 2. The van der Waals surface area contributed by atoms with Crippen molar-refractivity contribution in [3.8, 4) is 11.5 Å². The number of ether oxygens (including phenoxy) is 1. The third-order valence-corrected chi connectivity index (χ3v) is 4.83. The van der Waals surface area contributed by atoms with Gasteiger partial charge in [0.05, 0.1) is 11.9 Å². The number of benzene rings is 2. The van der Waals surface area contributed by atoms with Crippen LogP contribution in [-0.2, 0) is 16.1 Å². The van der Waals surface area contributed by atoms with Crippen LogP contribution in [0.2, 0.25) is 0 Å². The predicted octanol–water partition coefficient (Wildman–Crippen LogP) is 2.75. The van der Waals surface area contributed by atoms with Crippen molar-refractivity contribution in [1.82, 2.24) is 10.3 Å². The summed E-state index contributed by atoms with van der Waals surface area (Å²) in [4.78, 5) is 28.4. The number of aromatic nitrogens is 1. The second-order valence-corrected chi connectivity index (χ2v) is 7.09. The number of nitrogens with one attached hydrogen (secondary N) is 1. The van der Waals surface area contributed by atoms with Gasteiger partial charge in [0.1, 0.15) is 17.5 Å². The number of hydrazone groups is 1. The van der Waals surface area contributed by atoms with E-state index in [4.69, 9.17) is 10.5 Å². The number of nitrogens with zero attached hydrogens (tertiary/aromatic N) is 3. The first kappa shape index (κ1) is 21.0. The highest BCUT2D eigenvalue weighted by molar-refractivity contribution is 6.40. The van der Waals surface area contributed by atoms with Crippen molar-refractivity contribution in [3.05, 3.63) is 84.4 Å². The number of anilines is 1. The van der Waals surface area contributed by atoms with Crippen LogP contribution >= 0.6 is 0 Å². The molecule has 0 saturated heterocycles. The highest BCUT2D eigenvalue weighted by Gasteiger charge is 2.34. The lowest BCUT2D eigenvalue weighted by molar-refractivity contribution is -0.119. The van der Waals surface area contributed by atoms with Crippen LogP contribution in [0, 0.1) is 5.82 Å². The van der Waals surface area contributed by atoms with Gasteiger partial charge < -0.3 is 15.8 Å². The van der Waals surface area contributed by atoms with Gasteiger partial charge in [0, 0.05) is 19.2 Å². The maximum Gasteiger partial charge on any atom is 0.267 e. The van der Waals surface area contributed by atoms with Crippen molar-refractivity contribution in [2.24, 2.45) is 10.8 Å². The number of primary amides is 1. The van der Waals surface area contributed by atoms with E-state index in [1.165, 1.54) is 23.3 Å². The third-order valence-electron chi connectivity index (χ3n) is 4.83. The van der Waals surface area contributed by atoms with Gasteiger partial charge in [-0.2, -0.15) is 5.10 Å². The Labute approximate surface area is 183 Å². The summed E-state index contributed by atoms with van der Waals surface area (Å²) in [7, 11) is 0. The minimum atomic E-state index is -0.750. The summed E-state index contributed by atoms with van der Waals surface area (Å²) in [5.74, 6) is -1.13. The van der Waals surface area contributed by atoms with Crippen LogP contribution in [0.1, 0.15) is 12.0 Å². The number of carbonyl (C=O) groups excluding carboxylic acids is 2. The highest BCUT2D eigenvalue weighted by Crippen LogP contribution is 2.26. The third kappa shape index (κ3) is 4.72. The molecule has 1 aliphatic rings. The molecule has 0 radical (unpaired) electrons. The molecule has 4 rings (SSSR count). The van der Waals surface area contributed by atoms with E-state index in [0.29, 0.717) is 17.0 Å². The molecule has 8 nitrogen and oxygen atoms in total. The molecule has 162 valence electrons. The van der Waals surface area contributed by atoms with Gasteiger partial charge in [0.25, 0.3) is 5.91 Å². The Morgan fingerprint density at radius 3 is 2.66 bits per heavy atom. The summed E-state index contributed by atoms with van der Waals surface area (Å²) < 4.78 is 19.9. The number of para-hydroxylation sites is 1. The summed E-state index contributed by atoms with van der Waals surface area (Å²) in [6.45, 7) is 0.0779. The first-order valence-corrected chi connectivity index (χ1v) is 9.87. The van der Waals surface area contributed by atoms with Crippen LogP contribution in [0.4, 0.5) is 10.1 Å². The quantitative estimate of drug-likeness (QED) is 0.595. The Morgan fingerprint density at radius 2 is 1.97 bits per heavy atom. The van der Waals surface area contributed by atoms with E-state index in [9.17, 15) is 14.0 Å². The Morgan fingerprint density at radius 1 is 1.16 bits per heavy atom. The minimum Gasteiger partial charge on any atom is -0.453 e. The number of amides is 2. The number of nitrogens with two attached hydrogens (primary N) is 1. The number of hydrogen-bond acceptors (Lipinski definition) is 6. The van der Waals surface area contributed by atoms with E-state index in [2.05, 4.69) is 15.4 Å². The molecule has 2 amide bonds. The predicted molar refractivity (Wildman–Crippen MR) is 117 cm³/mol. The fraction of sp³-hybridized carbons (Fsp3) is 0.130. The largest absolute Gasteiger partial charge is 0.453 e. The van der Waals surface area contributed by atoms with Crippen LogP contribution < -0.4 is 20.8 Å². The van der Waals surface area contributed by atoms with E-state index in [1.807, 2.05) is 6.07 Å². The average molecular weight is 433 g/mol. The van der Waals surface area contributed by atoms with Crippen molar-refractivity contribution in [2.75, 3.05) is 5.01 Å². The number of carbonyl (C=O) groups is 2. The fourth-order valence-corrected chi connectivity index (χ4v) is 3.24. The van der Waals surface area contributed by atoms with Crippen LogP contribution in [0.3, 0.4) is 0 Å². The van der Waals surface area contributed by atoms with Gasteiger partial charge in [0.15, 0.2) is 11.6 Å². The summed E-state index contributed by atoms with van der Waals surface area (Å²) in [5, 5.41) is 8.44. The molecule has 0 bridgehead atoms. The van der Waals surface area contributed by atoms with E-state index >= 15 is 0 Å². The molecular formula is C23H20FN5O3. The van der Waals surface area contributed by atoms with Crippen molar-refractivity contribution < 1.29 is 18.7 Å². The lowest BCUT2D eigenvalue weighted by Crippen LogP contribution is -2.39. The maximum absolute atomic E-state index is 14.4. The lowest BCUT2D eigenvalue weighted by Gasteiger charge is -2.20. The standard InChI is InChI=1S/C23H20FN5O3/c24-18-11-15(8-9-21(18)32-17-7-4-10-26-14-17)13-27-23(31)19-12-20(22(25)30)29(28-19)16-5-2-1-3-6-16/h1-11,14,20H,12-13H2,(H2,25,30)(H,27,31). The van der Waals surface area contributed by atoms with Gasteiger partial charge in [-0.25, -0.2) is 4.39 Å². The zero-order chi connectivity index (χ0) is 22.5. The molecule has 3 aromatic rings. The van der Waals surface area contributed by atoms with Crippen molar-refractivity contribution >= 4 is 23.2 Å². The molecule has 3 N–H and O–H groups in total. The number of pyridine rings is 1. The summed E-state index contributed by atoms with van der Waals surface area (Å²) in [6, 6.07) is 16.0. The zero-order valence-corrected chi connectivity index (χ0v) is 16.9. The van der Waals surface area contributed by atoms with Gasteiger partial charge in [-0.3, -0.25) is 19.6 Å². The second-order valence-electron chi connectivity index (χ2n) is 7.09. The zero-order valence-electron chi connectivity index (χ0n) is 16.9. The Hall–Kier alpha value is -4.27. The van der Waals surface area contributed by atoms with Crippen molar-refractivity contribution in [1.29, 1.82) is 0 Å². The first-order chi connectivity index (χ1) is 15.5. The Balaban J connectivity index is 1.41. The van der Waals surface area contributed by atoms with Gasteiger partial charge in [-0.05, 0) is 42.0 Å². The molecule has 0 spiro atoms. The summed E-state index contributed by atoms with van der Waals surface area (Å²) in [6.07, 6.45) is 3.16. The first-order valence-electron chi connectivity index (χ1n) is 9.87. The Kier molecular flexibility index (Phi) is 6.07. The maximum atomic E-state index is 14.4. The van der Waals surface area contributed by atoms with Crippen molar-refractivity contribution in [3.63, 3.8) is 0 Å². The van der Waals surface area contributed by atoms with Gasteiger partial charge in [-0.15, -0.1) is 0 Å². The molecule has 9 heteroatoms. The van der Waals surface area contributed by atoms with E-state index in [1.54, 1.807) is 48.7 Å². The van der Waals surface area contributed by atoms with Crippen LogP contribution in [-0.4, -0.2) is 28.6 Å². The smallest absolute Gasteiger partial charge is 0.267 e. The molecular weight excluding hydrogens is 413 g/mol. The molecule has 2 aromatic carbocycles. The molecule has 1 aliphatic heterocycles. The topological polar surface area (TPSA) is 110 Å².